The van der Waals surface area contributed by atoms with Gasteiger partial charge in [0.2, 0.25) is 5.28 Å². The maximum Gasteiger partial charge on any atom is 0.332 e. The van der Waals surface area contributed by atoms with Gasteiger partial charge in [-0.2, -0.15) is 4.98 Å². The van der Waals surface area contributed by atoms with Crippen molar-refractivity contribution >= 4 is 33.7 Å². The molecule has 0 unspecified atom stereocenters. The maximum atomic E-state index is 13.0. The molecule has 8 heteroatoms. The molecule has 1 N–H and O–H groups in total. The van der Waals surface area contributed by atoms with Crippen LogP contribution in [0.15, 0.2) is 44.3 Å². The Labute approximate surface area is 171 Å². The number of aromatic amines is 1. The summed E-state index contributed by atoms with van der Waals surface area (Å²) in [5.74, 6) is 0.841. The van der Waals surface area contributed by atoms with E-state index in [0.717, 1.165) is 36.0 Å². The first-order valence-electron chi connectivity index (χ1n) is 9.94. The van der Waals surface area contributed by atoms with Gasteiger partial charge in [0.05, 0.1) is 0 Å². The highest BCUT2D eigenvalue weighted by Crippen LogP contribution is 2.20. The second-order valence-electron chi connectivity index (χ2n) is 7.18. The van der Waals surface area contributed by atoms with E-state index in [0.29, 0.717) is 31.6 Å². The maximum absolute atomic E-state index is 13.0. The average molecular weight is 415 g/mol. The molecule has 0 fully saturated rings. The van der Waals surface area contributed by atoms with E-state index in [1.165, 1.54) is 4.57 Å². The van der Waals surface area contributed by atoms with Gasteiger partial charge in [-0.1, -0.05) is 38.0 Å². The van der Waals surface area contributed by atoms with Crippen molar-refractivity contribution < 1.29 is 4.42 Å². The number of aryl methyl sites for hydroxylation is 2. The van der Waals surface area contributed by atoms with E-state index in [1.807, 2.05) is 30.3 Å². The van der Waals surface area contributed by atoms with Crippen molar-refractivity contribution in [2.45, 2.75) is 52.1 Å². The molecule has 29 heavy (non-hydrogen) atoms. The van der Waals surface area contributed by atoms with Crippen molar-refractivity contribution in [2.24, 2.45) is 0 Å². The Morgan fingerprint density at radius 3 is 2.69 bits per heavy atom. The van der Waals surface area contributed by atoms with Crippen molar-refractivity contribution in [3.8, 4) is 0 Å². The van der Waals surface area contributed by atoms with E-state index >= 15 is 0 Å². The van der Waals surface area contributed by atoms with Gasteiger partial charge in [0.25, 0.3) is 5.56 Å². The number of hydrogen-bond acceptors (Lipinski definition) is 4. The normalized spacial score (nSPS) is 11.7. The second kappa shape index (κ2) is 8.29. The van der Waals surface area contributed by atoms with Crippen LogP contribution in [-0.2, 0) is 19.5 Å². The number of nitrogens with zero attached hydrogens (tertiary/aromatic N) is 3. The van der Waals surface area contributed by atoms with Crippen LogP contribution >= 0.6 is 11.6 Å². The van der Waals surface area contributed by atoms with Gasteiger partial charge >= 0.3 is 5.69 Å². The molecule has 152 valence electrons. The molecule has 0 atom stereocenters. The second-order valence-corrected chi connectivity index (χ2v) is 7.54. The summed E-state index contributed by atoms with van der Waals surface area (Å²) in [6.45, 7) is 2.91. The number of fused-ring (bicyclic) bond motifs is 2. The van der Waals surface area contributed by atoms with Gasteiger partial charge in [-0.05, 0) is 36.6 Å². The van der Waals surface area contributed by atoms with Gasteiger partial charge in [-0.15, -0.1) is 0 Å². The van der Waals surface area contributed by atoms with E-state index in [9.17, 15) is 9.59 Å². The minimum atomic E-state index is -0.388. The molecule has 3 aromatic heterocycles. The molecule has 3 heterocycles. The van der Waals surface area contributed by atoms with Crippen LogP contribution in [0.4, 0.5) is 0 Å². The lowest BCUT2D eigenvalue weighted by Crippen LogP contribution is -2.40. The lowest BCUT2D eigenvalue weighted by Gasteiger charge is -2.11. The van der Waals surface area contributed by atoms with Crippen LogP contribution in [0.5, 0.6) is 0 Å². The van der Waals surface area contributed by atoms with Crippen molar-refractivity contribution in [3.05, 3.63) is 62.2 Å². The third kappa shape index (κ3) is 3.87. The number of nitrogens with one attached hydrogen (secondary N) is 1. The summed E-state index contributed by atoms with van der Waals surface area (Å²) in [6, 6.07) is 9.82. The number of aromatic nitrogens is 4. The Hall–Kier alpha value is -2.80. The largest absolute Gasteiger partial charge is 0.461 e. The number of imidazole rings is 1. The summed E-state index contributed by atoms with van der Waals surface area (Å²) in [5.41, 5.74) is 0.711. The molecule has 0 aliphatic heterocycles. The SMILES string of the molecule is CCCCCn1c(=O)n(CCCc2cc3ccccc3o2)c(=O)c2[nH]c(Cl)nc21. The lowest BCUT2D eigenvalue weighted by atomic mass is 10.2. The molecule has 4 aromatic rings. The Kier molecular flexibility index (Phi) is 5.58. The summed E-state index contributed by atoms with van der Waals surface area (Å²) in [5, 5.41) is 1.16. The van der Waals surface area contributed by atoms with E-state index < -0.39 is 0 Å². The minimum absolute atomic E-state index is 0.112. The molecule has 0 radical (unpaired) electrons. The first kappa shape index (κ1) is 19.5. The monoisotopic (exact) mass is 414 g/mol. The van der Waals surface area contributed by atoms with Gasteiger partial charge in [0, 0.05) is 24.9 Å². The van der Waals surface area contributed by atoms with Crippen molar-refractivity contribution in [1.82, 2.24) is 19.1 Å². The highest BCUT2D eigenvalue weighted by Gasteiger charge is 2.16. The number of benzene rings is 1. The summed E-state index contributed by atoms with van der Waals surface area (Å²) in [7, 11) is 0. The molecule has 1 aromatic carbocycles. The molecule has 0 saturated carbocycles. The molecule has 0 saturated heterocycles. The van der Waals surface area contributed by atoms with Gasteiger partial charge in [-0.3, -0.25) is 13.9 Å². The fraction of sp³-hybridized carbons (Fsp3) is 0.381. The zero-order chi connectivity index (χ0) is 20.4. The first-order valence-corrected chi connectivity index (χ1v) is 10.3. The minimum Gasteiger partial charge on any atom is -0.461 e. The lowest BCUT2D eigenvalue weighted by molar-refractivity contribution is 0.496. The highest BCUT2D eigenvalue weighted by atomic mass is 35.5. The fourth-order valence-corrected chi connectivity index (χ4v) is 3.80. The average Bonchev–Trinajstić information content (AvgIpc) is 3.30. The fourth-order valence-electron chi connectivity index (χ4n) is 3.63. The van der Waals surface area contributed by atoms with Crippen LogP contribution in [0, 0.1) is 0 Å². The number of rotatable bonds is 8. The quantitative estimate of drug-likeness (QED) is 0.347. The molecule has 4 rings (SSSR count). The molecular weight excluding hydrogens is 392 g/mol. The number of furan rings is 1. The Balaban J connectivity index is 1.60. The Morgan fingerprint density at radius 2 is 1.90 bits per heavy atom. The molecule has 0 spiro atoms. The predicted molar refractivity (Wildman–Crippen MR) is 114 cm³/mol. The third-order valence-electron chi connectivity index (χ3n) is 5.10. The highest BCUT2D eigenvalue weighted by molar-refractivity contribution is 6.28. The number of hydrogen-bond donors (Lipinski definition) is 1. The van der Waals surface area contributed by atoms with E-state index in [4.69, 9.17) is 16.0 Å². The molecule has 0 amide bonds. The molecule has 0 bridgehead atoms. The van der Waals surface area contributed by atoms with Crippen LogP contribution in [0.1, 0.15) is 38.4 Å². The van der Waals surface area contributed by atoms with Crippen LogP contribution in [0.25, 0.3) is 22.1 Å². The Bertz CT molecular complexity index is 1230. The van der Waals surface area contributed by atoms with Crippen LogP contribution < -0.4 is 11.2 Å². The van der Waals surface area contributed by atoms with Gasteiger partial charge < -0.3 is 9.40 Å². The molecular formula is C21H23ClN4O3. The Morgan fingerprint density at radius 1 is 1.10 bits per heavy atom. The van der Waals surface area contributed by atoms with Gasteiger partial charge in [0.15, 0.2) is 11.2 Å². The number of para-hydroxylation sites is 1. The van der Waals surface area contributed by atoms with E-state index in [1.54, 1.807) is 4.57 Å². The summed E-state index contributed by atoms with van der Waals surface area (Å²) in [6.07, 6.45) is 4.12. The number of halogens is 1. The van der Waals surface area contributed by atoms with Crippen LogP contribution in [0.2, 0.25) is 5.28 Å². The van der Waals surface area contributed by atoms with E-state index in [2.05, 4.69) is 16.9 Å². The zero-order valence-electron chi connectivity index (χ0n) is 16.3. The first-order chi connectivity index (χ1) is 14.1. The van der Waals surface area contributed by atoms with E-state index in [-0.39, 0.29) is 22.0 Å². The standard InChI is InChI=1S/C21H23ClN4O3/c1-2-3-6-11-25-18-17(23-20(22)24-18)19(27)26(21(25)28)12-7-9-15-13-14-8-4-5-10-16(14)29-15/h4-5,8,10,13H,2-3,6-7,9,11-12H2,1H3,(H,23,24). The topological polar surface area (TPSA) is 85.8 Å². The predicted octanol–water partition coefficient (Wildman–Crippen LogP) is 4.11. The van der Waals surface area contributed by atoms with Crippen LogP contribution in [-0.4, -0.2) is 19.1 Å². The smallest absolute Gasteiger partial charge is 0.332 e. The van der Waals surface area contributed by atoms with Gasteiger partial charge in [0.1, 0.15) is 11.3 Å². The molecule has 0 aliphatic carbocycles. The summed E-state index contributed by atoms with van der Waals surface area (Å²) in [4.78, 5) is 32.8. The molecule has 7 nitrogen and oxygen atoms in total. The van der Waals surface area contributed by atoms with Crippen molar-refractivity contribution in [3.63, 3.8) is 0 Å². The van der Waals surface area contributed by atoms with Crippen molar-refractivity contribution in [2.75, 3.05) is 0 Å². The third-order valence-corrected chi connectivity index (χ3v) is 5.28. The van der Waals surface area contributed by atoms with Crippen LogP contribution in [0.3, 0.4) is 0 Å². The summed E-state index contributed by atoms with van der Waals surface area (Å²) >= 11 is 5.97. The van der Waals surface area contributed by atoms with Gasteiger partial charge in [-0.25, -0.2) is 4.79 Å². The summed E-state index contributed by atoms with van der Waals surface area (Å²) < 4.78 is 8.65. The van der Waals surface area contributed by atoms with Crippen molar-refractivity contribution in [1.29, 1.82) is 0 Å². The molecule has 0 aliphatic rings. The number of H-pyrrole nitrogens is 1. The zero-order valence-corrected chi connectivity index (χ0v) is 17.0. The number of unbranched alkanes of at least 4 members (excludes halogenated alkanes) is 2.